The third-order valence-electron chi connectivity index (χ3n) is 6.49. The standard InChI is InChI=1S/C22H31F3N8O/c1-13-11-19(33-32-13)30-18-9-10-26-20(31-18)27-15-5-7-16(8-6-15)28-21(34)29-17-4-2-3-14(12-17)22(23,24)25/h9-11,14-17H,2-8,12H2,1H3,(H2,28,29,34)(H3,26,27,30,31,32,33)/t14-,15-,16-,17+/m0/s1. The molecule has 12 heteroatoms. The minimum Gasteiger partial charge on any atom is -0.351 e. The molecule has 2 aliphatic carbocycles. The molecule has 2 fully saturated rings. The average molecular weight is 481 g/mol. The van der Waals surface area contributed by atoms with Gasteiger partial charge in [-0.2, -0.15) is 23.3 Å². The van der Waals surface area contributed by atoms with Crippen LogP contribution in [-0.4, -0.2) is 50.5 Å². The van der Waals surface area contributed by atoms with Gasteiger partial charge in [0.1, 0.15) is 5.82 Å². The number of nitrogens with zero attached hydrogens (tertiary/aromatic N) is 3. The maximum absolute atomic E-state index is 13.0. The van der Waals surface area contributed by atoms with Crippen LogP contribution in [0, 0.1) is 12.8 Å². The highest BCUT2D eigenvalue weighted by molar-refractivity contribution is 5.74. The molecule has 0 bridgehead atoms. The van der Waals surface area contributed by atoms with Crippen molar-refractivity contribution in [2.24, 2.45) is 5.92 Å². The minimum absolute atomic E-state index is 0.00289. The van der Waals surface area contributed by atoms with Crippen LogP contribution in [0.25, 0.3) is 0 Å². The molecular weight excluding hydrogens is 449 g/mol. The van der Waals surface area contributed by atoms with Gasteiger partial charge in [-0.25, -0.2) is 9.78 Å². The topological polar surface area (TPSA) is 120 Å². The fraction of sp³-hybridized carbons (Fsp3) is 0.636. The van der Waals surface area contributed by atoms with Crippen LogP contribution in [0.5, 0.6) is 0 Å². The number of halogens is 3. The maximum Gasteiger partial charge on any atom is 0.391 e. The summed E-state index contributed by atoms with van der Waals surface area (Å²) in [7, 11) is 0. The molecular formula is C22H31F3N8O. The number of carbonyl (C=O) groups excluding carboxylic acids is 1. The van der Waals surface area contributed by atoms with Gasteiger partial charge in [0.05, 0.1) is 5.92 Å². The van der Waals surface area contributed by atoms with Crippen LogP contribution in [0.2, 0.25) is 0 Å². The van der Waals surface area contributed by atoms with E-state index < -0.39 is 18.1 Å². The first-order valence-electron chi connectivity index (χ1n) is 11.8. The number of hydrogen-bond donors (Lipinski definition) is 5. The average Bonchev–Trinajstić information content (AvgIpc) is 3.19. The van der Waals surface area contributed by atoms with E-state index in [1.54, 1.807) is 12.3 Å². The molecule has 0 aliphatic heterocycles. The number of hydrogen-bond acceptors (Lipinski definition) is 6. The van der Waals surface area contributed by atoms with Crippen molar-refractivity contribution in [3.63, 3.8) is 0 Å². The molecule has 0 saturated heterocycles. The second-order valence-corrected chi connectivity index (χ2v) is 9.24. The SMILES string of the molecule is Cc1cc(Nc2ccnc(N[C@H]3CC[C@H](NC(=O)N[C@@H]4CCC[C@H](C(F)(F)F)C4)CC3)n2)n[nH]1. The Morgan fingerprint density at radius 1 is 1.03 bits per heavy atom. The Labute approximate surface area is 196 Å². The van der Waals surface area contributed by atoms with Crippen molar-refractivity contribution in [3.05, 3.63) is 24.0 Å². The van der Waals surface area contributed by atoms with Gasteiger partial charge in [0, 0.05) is 36.1 Å². The number of amides is 2. The molecule has 5 N–H and O–H groups in total. The Kier molecular flexibility index (Phi) is 7.42. The molecule has 0 radical (unpaired) electrons. The summed E-state index contributed by atoms with van der Waals surface area (Å²) in [5.41, 5.74) is 0.943. The summed E-state index contributed by atoms with van der Waals surface area (Å²) in [5.74, 6) is 0.496. The zero-order valence-corrected chi connectivity index (χ0v) is 19.1. The molecule has 0 unspecified atom stereocenters. The van der Waals surface area contributed by atoms with Gasteiger partial charge in [-0.05, 0) is 57.9 Å². The van der Waals surface area contributed by atoms with Gasteiger partial charge in [-0.1, -0.05) is 6.42 Å². The first kappa shape index (κ1) is 24.1. The highest BCUT2D eigenvalue weighted by atomic mass is 19.4. The first-order chi connectivity index (χ1) is 16.2. The van der Waals surface area contributed by atoms with Crippen molar-refractivity contribution in [2.45, 2.75) is 82.6 Å². The van der Waals surface area contributed by atoms with Crippen molar-refractivity contribution >= 4 is 23.6 Å². The summed E-state index contributed by atoms with van der Waals surface area (Å²) in [5, 5.41) is 19.1. The number of carbonyl (C=O) groups is 1. The fourth-order valence-electron chi connectivity index (χ4n) is 4.71. The highest BCUT2D eigenvalue weighted by Crippen LogP contribution is 2.37. The largest absolute Gasteiger partial charge is 0.391 e. The molecule has 2 atom stereocenters. The van der Waals surface area contributed by atoms with Gasteiger partial charge in [0.25, 0.3) is 0 Å². The van der Waals surface area contributed by atoms with Crippen LogP contribution in [0.1, 0.15) is 57.1 Å². The van der Waals surface area contributed by atoms with E-state index >= 15 is 0 Å². The number of nitrogens with one attached hydrogen (secondary N) is 5. The quantitative estimate of drug-likeness (QED) is 0.418. The first-order valence-corrected chi connectivity index (χ1v) is 11.8. The Morgan fingerprint density at radius 3 is 2.47 bits per heavy atom. The molecule has 4 rings (SSSR count). The minimum atomic E-state index is -4.19. The van der Waals surface area contributed by atoms with E-state index in [1.165, 1.54) is 0 Å². The summed E-state index contributed by atoms with van der Waals surface area (Å²) in [4.78, 5) is 21.1. The summed E-state index contributed by atoms with van der Waals surface area (Å²) in [6.45, 7) is 1.92. The summed E-state index contributed by atoms with van der Waals surface area (Å²) < 4.78 is 39.0. The Morgan fingerprint density at radius 2 is 1.76 bits per heavy atom. The van der Waals surface area contributed by atoms with Crippen LogP contribution in [0.4, 0.5) is 35.5 Å². The summed E-state index contributed by atoms with van der Waals surface area (Å²) >= 11 is 0. The Hall–Kier alpha value is -3.05. The lowest BCUT2D eigenvalue weighted by Gasteiger charge is -2.33. The predicted molar refractivity (Wildman–Crippen MR) is 122 cm³/mol. The van der Waals surface area contributed by atoms with Gasteiger partial charge >= 0.3 is 12.2 Å². The number of aromatic nitrogens is 4. The fourth-order valence-corrected chi connectivity index (χ4v) is 4.71. The van der Waals surface area contributed by atoms with Crippen molar-refractivity contribution in [1.29, 1.82) is 0 Å². The molecule has 0 spiro atoms. The van der Waals surface area contributed by atoms with Crippen molar-refractivity contribution in [2.75, 3.05) is 10.6 Å². The monoisotopic (exact) mass is 480 g/mol. The molecule has 2 heterocycles. The maximum atomic E-state index is 13.0. The number of aryl methyl sites for hydroxylation is 1. The smallest absolute Gasteiger partial charge is 0.351 e. The molecule has 2 aromatic heterocycles. The molecule has 2 aliphatic rings. The third kappa shape index (κ3) is 6.73. The normalized spacial score (nSPS) is 25.4. The Bertz CT molecular complexity index is 958. The third-order valence-corrected chi connectivity index (χ3v) is 6.49. The van der Waals surface area contributed by atoms with Gasteiger partial charge < -0.3 is 21.3 Å². The Balaban J connectivity index is 1.19. The van der Waals surface area contributed by atoms with E-state index in [-0.39, 0.29) is 31.0 Å². The molecule has 34 heavy (non-hydrogen) atoms. The number of aromatic amines is 1. The lowest BCUT2D eigenvalue weighted by atomic mass is 9.85. The number of urea groups is 1. The van der Waals surface area contributed by atoms with E-state index in [4.69, 9.17) is 0 Å². The van der Waals surface area contributed by atoms with Crippen LogP contribution in [0.15, 0.2) is 18.3 Å². The van der Waals surface area contributed by atoms with Crippen molar-refractivity contribution in [1.82, 2.24) is 30.8 Å². The van der Waals surface area contributed by atoms with Crippen molar-refractivity contribution in [3.8, 4) is 0 Å². The number of alkyl halides is 3. The van der Waals surface area contributed by atoms with Crippen LogP contribution in [-0.2, 0) is 0 Å². The molecule has 2 saturated carbocycles. The molecule has 0 aromatic carbocycles. The summed E-state index contributed by atoms with van der Waals surface area (Å²) in [6, 6.07) is 3.01. The number of anilines is 3. The van der Waals surface area contributed by atoms with E-state index in [0.29, 0.717) is 30.4 Å². The van der Waals surface area contributed by atoms with E-state index in [1.807, 2.05) is 13.0 Å². The van der Waals surface area contributed by atoms with Gasteiger partial charge in [-0.15, -0.1) is 0 Å². The zero-order valence-electron chi connectivity index (χ0n) is 19.1. The second-order valence-electron chi connectivity index (χ2n) is 9.24. The van der Waals surface area contributed by atoms with E-state index in [9.17, 15) is 18.0 Å². The molecule has 186 valence electrons. The van der Waals surface area contributed by atoms with Gasteiger partial charge in [0.2, 0.25) is 5.95 Å². The molecule has 2 aromatic rings. The van der Waals surface area contributed by atoms with E-state index in [2.05, 4.69) is 41.4 Å². The van der Waals surface area contributed by atoms with Gasteiger partial charge in [0.15, 0.2) is 5.82 Å². The zero-order chi connectivity index (χ0) is 24.1. The van der Waals surface area contributed by atoms with Crippen LogP contribution >= 0.6 is 0 Å². The summed E-state index contributed by atoms with van der Waals surface area (Å²) in [6.07, 6.45) is 1.83. The van der Waals surface area contributed by atoms with Crippen LogP contribution in [0.3, 0.4) is 0 Å². The lowest BCUT2D eigenvalue weighted by molar-refractivity contribution is -0.183. The number of H-pyrrole nitrogens is 1. The molecule has 2 amide bonds. The lowest BCUT2D eigenvalue weighted by Crippen LogP contribution is -2.49. The van der Waals surface area contributed by atoms with Gasteiger partial charge in [-0.3, -0.25) is 5.10 Å². The number of rotatable bonds is 6. The predicted octanol–water partition coefficient (Wildman–Crippen LogP) is 4.40. The highest BCUT2D eigenvalue weighted by Gasteiger charge is 2.42. The van der Waals surface area contributed by atoms with Crippen molar-refractivity contribution < 1.29 is 18.0 Å². The van der Waals surface area contributed by atoms with Crippen LogP contribution < -0.4 is 21.3 Å². The van der Waals surface area contributed by atoms with E-state index in [0.717, 1.165) is 31.4 Å². The second kappa shape index (κ2) is 10.5. The molecule has 9 nitrogen and oxygen atoms in total.